The van der Waals surface area contributed by atoms with Crippen LogP contribution in [0.15, 0.2) is 29.0 Å². The average Bonchev–Trinajstić information content (AvgIpc) is 3.09. The van der Waals surface area contributed by atoms with Crippen LogP contribution >= 0.6 is 0 Å². The van der Waals surface area contributed by atoms with Crippen LogP contribution in [0.4, 0.5) is 13.2 Å². The van der Waals surface area contributed by atoms with Gasteiger partial charge in [0.25, 0.3) is 5.91 Å². The predicted octanol–water partition coefficient (Wildman–Crippen LogP) is 2.24. The molecule has 2 unspecified atom stereocenters. The molecule has 0 saturated carbocycles. The van der Waals surface area contributed by atoms with Crippen LogP contribution in [0.25, 0.3) is 0 Å². The molecule has 1 saturated heterocycles. The van der Waals surface area contributed by atoms with Gasteiger partial charge >= 0.3 is 6.18 Å². The molecule has 0 radical (unpaired) electrons. The zero-order valence-corrected chi connectivity index (χ0v) is 15.7. The molecule has 2 aromatic heterocycles. The van der Waals surface area contributed by atoms with Crippen molar-refractivity contribution in [3.8, 4) is 0 Å². The summed E-state index contributed by atoms with van der Waals surface area (Å²) in [6.45, 7) is 6.42. The van der Waals surface area contributed by atoms with E-state index in [1.807, 2.05) is 11.8 Å². The van der Waals surface area contributed by atoms with Gasteiger partial charge < -0.3 is 16.0 Å². The fourth-order valence-corrected chi connectivity index (χ4v) is 4.00. The highest BCUT2D eigenvalue weighted by molar-refractivity contribution is 5.92. The molecular formula is C18H22F3N5O2. The summed E-state index contributed by atoms with van der Waals surface area (Å²) in [7, 11) is 0. The Bertz CT molecular complexity index is 895. The second-order valence-corrected chi connectivity index (χ2v) is 7.43. The first-order chi connectivity index (χ1) is 12.9. The zero-order valence-electron chi connectivity index (χ0n) is 15.7. The molecule has 10 heteroatoms. The molecule has 4 N–H and O–H groups in total. The van der Waals surface area contributed by atoms with Crippen molar-refractivity contribution in [3.05, 3.63) is 47.1 Å². The van der Waals surface area contributed by atoms with Gasteiger partial charge in [-0.15, -0.1) is 0 Å². The predicted molar refractivity (Wildman–Crippen MR) is 94.2 cm³/mol. The Morgan fingerprint density at radius 3 is 2.57 bits per heavy atom. The highest BCUT2D eigenvalue weighted by Crippen LogP contribution is 2.51. The largest absolute Gasteiger partial charge is 0.433 e. The van der Waals surface area contributed by atoms with Gasteiger partial charge in [0.05, 0.1) is 5.66 Å². The van der Waals surface area contributed by atoms with Crippen molar-refractivity contribution >= 4 is 5.91 Å². The maximum atomic E-state index is 13.2. The van der Waals surface area contributed by atoms with Gasteiger partial charge in [-0.3, -0.25) is 9.69 Å². The fraction of sp³-hybridized carbons (Fsp3) is 0.500. The van der Waals surface area contributed by atoms with Crippen LogP contribution in [0, 0.1) is 0 Å². The molecule has 3 heterocycles. The molecule has 2 aromatic rings. The number of nitrogens with zero attached hydrogens (tertiary/aromatic N) is 3. The molecular weight excluding hydrogens is 375 g/mol. The van der Waals surface area contributed by atoms with Crippen LogP contribution < -0.4 is 11.5 Å². The van der Waals surface area contributed by atoms with E-state index in [4.69, 9.17) is 16.0 Å². The van der Waals surface area contributed by atoms with Crippen molar-refractivity contribution in [2.75, 3.05) is 13.1 Å². The van der Waals surface area contributed by atoms with Gasteiger partial charge in [0.15, 0.2) is 5.69 Å². The lowest BCUT2D eigenvalue weighted by Gasteiger charge is -2.63. The smallest absolute Gasteiger partial charge is 0.364 e. The molecule has 1 fully saturated rings. The number of hydrogen-bond donors (Lipinski definition) is 2. The zero-order chi connectivity index (χ0) is 20.9. The number of likely N-dealkylation sites (N-methyl/N-ethyl adjacent to an activating group) is 1. The first-order valence-corrected chi connectivity index (χ1v) is 8.77. The number of alkyl halides is 3. The highest BCUT2D eigenvalue weighted by atomic mass is 19.4. The molecule has 1 aliphatic heterocycles. The quantitative estimate of drug-likeness (QED) is 0.800. The van der Waals surface area contributed by atoms with Crippen molar-refractivity contribution in [1.29, 1.82) is 0 Å². The van der Waals surface area contributed by atoms with Crippen LogP contribution in [0.3, 0.4) is 0 Å². The lowest BCUT2D eigenvalue weighted by Crippen LogP contribution is -2.78. The van der Waals surface area contributed by atoms with Gasteiger partial charge in [-0.2, -0.15) is 13.2 Å². The number of halogens is 3. The Morgan fingerprint density at radius 2 is 2.00 bits per heavy atom. The molecule has 28 heavy (non-hydrogen) atoms. The first kappa shape index (κ1) is 20.3. The van der Waals surface area contributed by atoms with Gasteiger partial charge in [-0.05, 0) is 18.7 Å². The number of pyridine rings is 1. The second kappa shape index (κ2) is 6.56. The minimum Gasteiger partial charge on any atom is -0.364 e. The lowest BCUT2D eigenvalue weighted by molar-refractivity contribution is -0.141. The van der Waals surface area contributed by atoms with Crippen LogP contribution in [-0.4, -0.2) is 39.7 Å². The maximum Gasteiger partial charge on any atom is 0.433 e. The average molecular weight is 397 g/mol. The number of carbonyl (C=O) groups is 1. The van der Waals surface area contributed by atoms with E-state index in [1.165, 1.54) is 18.4 Å². The number of primary amides is 1. The number of likely N-dealkylation sites (tertiary alicyclic amines) is 1. The third-order valence-electron chi connectivity index (χ3n) is 5.73. The standard InChI is InChI=1S/C18H22F3N5O2/c1-4-26-8-11(10-9-28-25-14(10)15(22)27)17(26,23)16(2,3)12-6-5-7-13(24-12)18(19,20)21/h5-7,9,11H,4,8,23H2,1-3H3,(H2,22,27). The van der Waals surface area contributed by atoms with E-state index >= 15 is 0 Å². The number of rotatable bonds is 5. The third kappa shape index (κ3) is 2.87. The highest BCUT2D eigenvalue weighted by Gasteiger charge is 2.61. The Kier molecular flexibility index (Phi) is 4.75. The van der Waals surface area contributed by atoms with E-state index in [-0.39, 0.29) is 11.4 Å². The van der Waals surface area contributed by atoms with Crippen molar-refractivity contribution in [2.45, 2.75) is 43.9 Å². The van der Waals surface area contributed by atoms with Gasteiger partial charge in [-0.25, -0.2) is 4.98 Å². The molecule has 3 rings (SSSR count). The summed E-state index contributed by atoms with van der Waals surface area (Å²) in [4.78, 5) is 17.4. The number of amides is 1. The Labute approximate surface area is 159 Å². The second-order valence-electron chi connectivity index (χ2n) is 7.43. The first-order valence-electron chi connectivity index (χ1n) is 8.77. The number of hydrogen-bond acceptors (Lipinski definition) is 6. The van der Waals surface area contributed by atoms with E-state index < -0.39 is 34.8 Å². The molecule has 0 spiro atoms. The molecule has 0 bridgehead atoms. The van der Waals surface area contributed by atoms with Gasteiger partial charge in [0, 0.05) is 29.1 Å². The Balaban J connectivity index is 2.09. The Morgan fingerprint density at radius 1 is 1.36 bits per heavy atom. The summed E-state index contributed by atoms with van der Waals surface area (Å²) < 4.78 is 44.4. The number of aromatic nitrogens is 2. The SMILES string of the molecule is CCN1CC(c2conc2C(N)=O)C1(N)C(C)(C)c1cccc(C(F)(F)F)n1. The molecule has 0 aromatic carbocycles. The van der Waals surface area contributed by atoms with Gasteiger partial charge in [0.1, 0.15) is 12.0 Å². The van der Waals surface area contributed by atoms with Crippen LogP contribution in [0.1, 0.15) is 54.1 Å². The van der Waals surface area contributed by atoms with E-state index in [9.17, 15) is 18.0 Å². The third-order valence-corrected chi connectivity index (χ3v) is 5.73. The van der Waals surface area contributed by atoms with E-state index in [2.05, 4.69) is 10.1 Å². The van der Waals surface area contributed by atoms with E-state index in [1.54, 1.807) is 13.8 Å². The lowest BCUT2D eigenvalue weighted by atomic mass is 9.61. The Hall–Kier alpha value is -2.46. The monoisotopic (exact) mass is 397 g/mol. The number of nitrogens with two attached hydrogens (primary N) is 2. The summed E-state index contributed by atoms with van der Waals surface area (Å²) in [6.07, 6.45) is -3.25. The van der Waals surface area contributed by atoms with Crippen molar-refractivity contribution in [3.63, 3.8) is 0 Å². The van der Waals surface area contributed by atoms with Crippen LogP contribution in [0.2, 0.25) is 0 Å². The topological polar surface area (TPSA) is 111 Å². The van der Waals surface area contributed by atoms with E-state index in [0.717, 1.165) is 6.07 Å². The summed E-state index contributed by atoms with van der Waals surface area (Å²) >= 11 is 0. The normalized spacial score (nSPS) is 23.5. The molecule has 2 atom stereocenters. The minimum atomic E-state index is -4.56. The molecule has 1 aliphatic rings. The van der Waals surface area contributed by atoms with Crippen molar-refractivity contribution in [2.24, 2.45) is 11.5 Å². The number of carbonyl (C=O) groups excluding carboxylic acids is 1. The summed E-state index contributed by atoms with van der Waals surface area (Å²) in [6, 6.07) is 3.76. The van der Waals surface area contributed by atoms with Crippen molar-refractivity contribution in [1.82, 2.24) is 15.0 Å². The fourth-order valence-electron chi connectivity index (χ4n) is 4.00. The van der Waals surface area contributed by atoms with Gasteiger partial charge in [0.2, 0.25) is 0 Å². The minimum absolute atomic E-state index is 0.0246. The molecule has 0 aliphatic carbocycles. The van der Waals surface area contributed by atoms with Crippen molar-refractivity contribution < 1.29 is 22.5 Å². The summed E-state index contributed by atoms with van der Waals surface area (Å²) in [5.74, 6) is -1.18. The van der Waals surface area contributed by atoms with E-state index in [0.29, 0.717) is 18.7 Å². The van der Waals surface area contributed by atoms with Crippen LogP contribution in [0.5, 0.6) is 0 Å². The summed E-state index contributed by atoms with van der Waals surface area (Å²) in [5.41, 5.74) is 9.69. The molecule has 152 valence electrons. The van der Waals surface area contributed by atoms with Gasteiger partial charge in [-0.1, -0.05) is 32.0 Å². The molecule has 7 nitrogen and oxygen atoms in total. The maximum absolute atomic E-state index is 13.2. The summed E-state index contributed by atoms with van der Waals surface area (Å²) in [5, 5.41) is 3.65. The molecule has 1 amide bonds. The van der Waals surface area contributed by atoms with Crippen LogP contribution in [-0.2, 0) is 11.6 Å².